The van der Waals surface area contributed by atoms with Crippen LogP contribution in [0.15, 0.2) is 47.6 Å². The molecule has 0 aliphatic rings. The largest absolute Gasteiger partial charge is 0.491 e. The molecule has 0 bridgehead atoms. The Hall–Kier alpha value is -3.60. The lowest BCUT2D eigenvalue weighted by Gasteiger charge is -2.12. The van der Waals surface area contributed by atoms with E-state index in [0.717, 1.165) is 18.9 Å². The summed E-state index contributed by atoms with van der Waals surface area (Å²) in [5.74, 6) is -9.09. The lowest BCUT2D eigenvalue weighted by atomic mass is 10.2. The van der Waals surface area contributed by atoms with Crippen LogP contribution in [0.1, 0.15) is 28.4 Å². The molecule has 0 aliphatic heterocycles. The first-order chi connectivity index (χ1) is 17.2. The number of halogens is 5. The Bertz CT molecular complexity index is 1430. The Morgan fingerprint density at radius 2 is 1.72 bits per heavy atom. The number of esters is 1. The lowest BCUT2D eigenvalue weighted by Crippen LogP contribution is -2.07. The summed E-state index contributed by atoms with van der Waals surface area (Å²) in [5.41, 5.74) is 0.903. The number of hydrogen-bond acceptors (Lipinski definition) is 5. The van der Waals surface area contributed by atoms with Crippen molar-refractivity contribution in [3.8, 4) is 5.75 Å². The van der Waals surface area contributed by atoms with Crippen LogP contribution in [0.4, 0.5) is 22.0 Å². The van der Waals surface area contributed by atoms with E-state index in [1.807, 2.05) is 0 Å². The molecule has 5 nitrogen and oxygen atoms in total. The van der Waals surface area contributed by atoms with Crippen LogP contribution >= 0.6 is 11.8 Å². The molecule has 36 heavy (non-hydrogen) atoms. The van der Waals surface area contributed by atoms with Crippen LogP contribution in [0, 0.1) is 29.1 Å². The highest BCUT2D eigenvalue weighted by Crippen LogP contribution is 2.34. The Morgan fingerprint density at radius 3 is 2.36 bits per heavy atom. The highest BCUT2D eigenvalue weighted by Gasteiger charge is 2.27. The number of thioether (sulfide) groups is 1. The number of imidazole rings is 1. The zero-order valence-electron chi connectivity index (χ0n) is 19.1. The van der Waals surface area contributed by atoms with Gasteiger partial charge in [0.2, 0.25) is 11.6 Å². The van der Waals surface area contributed by atoms with Gasteiger partial charge in [-0.15, -0.1) is 0 Å². The van der Waals surface area contributed by atoms with Crippen molar-refractivity contribution < 1.29 is 36.2 Å². The van der Waals surface area contributed by atoms with E-state index in [1.54, 1.807) is 23.6 Å². The molecule has 1 aromatic heterocycles. The van der Waals surface area contributed by atoms with E-state index < -0.39 is 52.1 Å². The fourth-order valence-electron chi connectivity index (χ4n) is 3.63. The maximum Gasteiger partial charge on any atom is 0.338 e. The number of aromatic nitrogens is 2. The van der Waals surface area contributed by atoms with Gasteiger partial charge in [0.05, 0.1) is 36.9 Å². The number of ether oxygens (including phenoxy) is 2. The van der Waals surface area contributed by atoms with Gasteiger partial charge in [0.15, 0.2) is 22.5 Å². The van der Waals surface area contributed by atoms with Gasteiger partial charge in [0, 0.05) is 11.3 Å². The van der Waals surface area contributed by atoms with E-state index in [1.165, 1.54) is 30.3 Å². The predicted molar refractivity (Wildman–Crippen MR) is 124 cm³/mol. The third kappa shape index (κ3) is 4.88. The molecule has 0 amide bonds. The molecular formula is C25H19F5N2O3S. The summed E-state index contributed by atoms with van der Waals surface area (Å²) >= 11 is 0.821. The first-order valence-electron chi connectivity index (χ1n) is 10.7. The van der Waals surface area contributed by atoms with Crippen molar-refractivity contribution in [2.45, 2.75) is 24.4 Å². The third-order valence-electron chi connectivity index (χ3n) is 5.32. The number of fused-ring (bicyclic) bond motifs is 1. The Labute approximate surface area is 206 Å². The van der Waals surface area contributed by atoms with Crippen molar-refractivity contribution in [2.24, 2.45) is 0 Å². The SMILES string of the molecule is CCOC(=O)c1ccc2c(c1)nc(SCc1c(F)c(F)c(OC)c(F)c1F)n2Cc1cccc(F)c1. The summed E-state index contributed by atoms with van der Waals surface area (Å²) in [6.45, 7) is 1.98. The van der Waals surface area contributed by atoms with Crippen molar-refractivity contribution in [1.82, 2.24) is 9.55 Å². The molecule has 0 atom stereocenters. The molecule has 0 unspecified atom stereocenters. The van der Waals surface area contributed by atoms with E-state index >= 15 is 0 Å². The van der Waals surface area contributed by atoms with Crippen LogP contribution in [-0.2, 0) is 17.0 Å². The topological polar surface area (TPSA) is 53.4 Å². The lowest BCUT2D eigenvalue weighted by molar-refractivity contribution is 0.0526. The van der Waals surface area contributed by atoms with Crippen LogP contribution in [0.5, 0.6) is 5.75 Å². The van der Waals surface area contributed by atoms with E-state index in [2.05, 4.69) is 9.72 Å². The van der Waals surface area contributed by atoms with Crippen LogP contribution in [0.3, 0.4) is 0 Å². The highest BCUT2D eigenvalue weighted by molar-refractivity contribution is 7.98. The first kappa shape index (κ1) is 25.5. The summed E-state index contributed by atoms with van der Waals surface area (Å²) in [6.07, 6.45) is 0. The van der Waals surface area contributed by atoms with E-state index in [9.17, 15) is 26.7 Å². The molecule has 4 aromatic rings. The number of carbonyl (C=O) groups is 1. The molecule has 0 spiro atoms. The number of nitrogens with zero attached hydrogens (tertiary/aromatic N) is 2. The first-order valence-corrected chi connectivity index (χ1v) is 11.7. The van der Waals surface area contributed by atoms with Gasteiger partial charge >= 0.3 is 5.97 Å². The summed E-state index contributed by atoms with van der Waals surface area (Å²) < 4.78 is 82.2. The van der Waals surface area contributed by atoms with E-state index in [4.69, 9.17) is 4.74 Å². The molecule has 1 heterocycles. The maximum atomic E-state index is 14.5. The minimum absolute atomic E-state index is 0.131. The van der Waals surface area contributed by atoms with Gasteiger partial charge < -0.3 is 14.0 Å². The second-order valence-electron chi connectivity index (χ2n) is 7.59. The van der Waals surface area contributed by atoms with Crippen LogP contribution in [0.2, 0.25) is 0 Å². The fraction of sp³-hybridized carbons (Fsp3) is 0.200. The van der Waals surface area contributed by atoms with Gasteiger partial charge in [-0.25, -0.2) is 22.9 Å². The summed E-state index contributed by atoms with van der Waals surface area (Å²) in [6, 6.07) is 10.5. The molecule has 4 rings (SSSR count). The zero-order chi connectivity index (χ0) is 26.0. The number of methoxy groups -OCH3 is 1. The minimum Gasteiger partial charge on any atom is -0.491 e. The van der Waals surface area contributed by atoms with Crippen molar-refractivity contribution in [3.05, 3.63) is 88.2 Å². The van der Waals surface area contributed by atoms with Crippen LogP contribution in [0.25, 0.3) is 11.0 Å². The standard InChI is InChI=1S/C25H19F5N2O3S/c1-3-35-24(33)14-7-8-18-17(10-14)31-25(32(18)11-13-5-4-6-15(26)9-13)36-12-16-19(27)21(29)23(34-2)22(30)20(16)28/h4-10H,3,11-12H2,1-2H3. The number of rotatable bonds is 8. The van der Waals surface area contributed by atoms with Gasteiger partial charge in [-0.1, -0.05) is 23.9 Å². The number of benzene rings is 3. The molecule has 0 N–H and O–H groups in total. The molecule has 0 saturated heterocycles. The zero-order valence-corrected chi connectivity index (χ0v) is 19.9. The second-order valence-corrected chi connectivity index (χ2v) is 8.53. The molecular weight excluding hydrogens is 503 g/mol. The summed E-state index contributed by atoms with van der Waals surface area (Å²) in [4.78, 5) is 16.6. The molecule has 0 fully saturated rings. The predicted octanol–water partition coefficient (Wildman–Crippen LogP) is 6.26. The quantitative estimate of drug-likeness (QED) is 0.118. The van der Waals surface area contributed by atoms with Crippen molar-refractivity contribution >= 4 is 28.8 Å². The monoisotopic (exact) mass is 522 g/mol. The van der Waals surface area contributed by atoms with Gasteiger partial charge in [0.1, 0.15) is 5.82 Å². The second kappa shape index (κ2) is 10.6. The highest BCUT2D eigenvalue weighted by atomic mass is 32.2. The number of carbonyl (C=O) groups excluding carboxylic acids is 1. The molecule has 0 saturated carbocycles. The average Bonchev–Trinajstić information content (AvgIpc) is 3.19. The van der Waals surface area contributed by atoms with Crippen molar-refractivity contribution in [2.75, 3.05) is 13.7 Å². The van der Waals surface area contributed by atoms with Gasteiger partial charge in [-0.2, -0.15) is 8.78 Å². The van der Waals surface area contributed by atoms with Gasteiger partial charge in [-0.05, 0) is 42.8 Å². The summed E-state index contributed by atoms with van der Waals surface area (Å²) in [5, 5.41) is 0.228. The molecule has 0 aliphatic carbocycles. The van der Waals surface area contributed by atoms with Crippen molar-refractivity contribution in [3.63, 3.8) is 0 Å². The number of hydrogen-bond donors (Lipinski definition) is 0. The van der Waals surface area contributed by atoms with E-state index in [-0.39, 0.29) is 23.9 Å². The maximum absolute atomic E-state index is 14.5. The van der Waals surface area contributed by atoms with Crippen LogP contribution < -0.4 is 4.74 Å². The minimum atomic E-state index is -1.64. The van der Waals surface area contributed by atoms with Gasteiger partial charge in [-0.3, -0.25) is 0 Å². The average molecular weight is 522 g/mol. The Morgan fingerprint density at radius 1 is 1.00 bits per heavy atom. The molecule has 0 radical (unpaired) electrons. The summed E-state index contributed by atoms with van der Waals surface area (Å²) in [7, 11) is 0.897. The molecule has 11 heteroatoms. The normalized spacial score (nSPS) is 11.2. The van der Waals surface area contributed by atoms with E-state index in [0.29, 0.717) is 16.6 Å². The van der Waals surface area contributed by atoms with Gasteiger partial charge in [0.25, 0.3) is 0 Å². The molecule has 188 valence electrons. The smallest absolute Gasteiger partial charge is 0.338 e. The van der Waals surface area contributed by atoms with Crippen LogP contribution in [-0.4, -0.2) is 29.2 Å². The Kier molecular flexibility index (Phi) is 7.48. The molecule has 3 aromatic carbocycles. The van der Waals surface area contributed by atoms with Crippen molar-refractivity contribution in [1.29, 1.82) is 0 Å². The Balaban J connectivity index is 1.76. The third-order valence-corrected chi connectivity index (χ3v) is 6.32. The fourth-order valence-corrected chi connectivity index (χ4v) is 4.64.